The lowest BCUT2D eigenvalue weighted by Gasteiger charge is -2.28. The van der Waals surface area contributed by atoms with Gasteiger partial charge in [-0.15, -0.1) is 0 Å². The van der Waals surface area contributed by atoms with Gasteiger partial charge in [-0.2, -0.15) is 0 Å². The minimum atomic E-state index is 0.508. The van der Waals surface area contributed by atoms with Gasteiger partial charge in [-0.3, -0.25) is 0 Å². The SMILES string of the molecule is CN1CCC(c2cn([C@H]3CC[C@@H](CNCCCNCCc4ccccc4)C3)c3ncnc(N)c23)CC1. The van der Waals surface area contributed by atoms with Gasteiger partial charge in [0.15, 0.2) is 0 Å². The van der Waals surface area contributed by atoms with Gasteiger partial charge >= 0.3 is 0 Å². The van der Waals surface area contributed by atoms with Crippen LogP contribution in [0.15, 0.2) is 42.9 Å². The molecule has 2 aromatic heterocycles. The fourth-order valence-electron chi connectivity index (χ4n) is 6.18. The van der Waals surface area contributed by atoms with E-state index in [1.807, 2.05) is 0 Å². The Balaban J connectivity index is 1.09. The molecule has 0 bridgehead atoms. The molecule has 7 heteroatoms. The largest absolute Gasteiger partial charge is 0.383 e. The highest BCUT2D eigenvalue weighted by molar-refractivity contribution is 5.90. The van der Waals surface area contributed by atoms with Crippen molar-refractivity contribution in [2.45, 2.75) is 56.9 Å². The number of benzene rings is 1. The van der Waals surface area contributed by atoms with E-state index in [0.29, 0.717) is 17.8 Å². The molecule has 1 aliphatic heterocycles. The summed E-state index contributed by atoms with van der Waals surface area (Å²) in [6, 6.07) is 11.2. The first-order valence-electron chi connectivity index (χ1n) is 13.9. The van der Waals surface area contributed by atoms with Gasteiger partial charge in [0, 0.05) is 12.2 Å². The maximum atomic E-state index is 6.39. The van der Waals surface area contributed by atoms with Crippen molar-refractivity contribution in [3.05, 3.63) is 54.0 Å². The number of anilines is 1. The zero-order valence-corrected chi connectivity index (χ0v) is 21.8. The number of nitrogens with two attached hydrogens (primary N) is 1. The summed E-state index contributed by atoms with van der Waals surface area (Å²) in [4.78, 5) is 11.5. The summed E-state index contributed by atoms with van der Waals surface area (Å²) in [5.41, 5.74) is 10.2. The number of rotatable bonds is 11. The smallest absolute Gasteiger partial charge is 0.146 e. The molecule has 2 fully saturated rings. The Morgan fingerprint density at radius 2 is 1.78 bits per heavy atom. The first-order valence-corrected chi connectivity index (χ1v) is 13.9. The van der Waals surface area contributed by atoms with Crippen LogP contribution in [0.5, 0.6) is 0 Å². The zero-order chi connectivity index (χ0) is 24.7. The normalized spacial score (nSPS) is 21.5. The van der Waals surface area contributed by atoms with Gasteiger partial charge < -0.3 is 25.8 Å². The molecule has 194 valence electrons. The number of hydrogen-bond acceptors (Lipinski definition) is 6. The molecule has 3 aromatic rings. The molecule has 2 atom stereocenters. The van der Waals surface area contributed by atoms with Gasteiger partial charge in [0.2, 0.25) is 0 Å². The lowest BCUT2D eigenvalue weighted by molar-refractivity contribution is 0.256. The van der Waals surface area contributed by atoms with Crippen molar-refractivity contribution in [3.8, 4) is 0 Å². The standard InChI is InChI=1S/C29H43N7/c1-35-16-11-24(12-17-35)26-20-36(29-27(26)28(30)33-21-34-29)25-9-8-23(18-25)19-32-14-5-13-31-15-10-22-6-3-2-4-7-22/h2-4,6-7,20-21,23-25,31-32H,5,8-19H2,1H3,(H2,30,33,34)/t23-,25+/m1/s1. The van der Waals surface area contributed by atoms with Crippen molar-refractivity contribution in [1.29, 1.82) is 0 Å². The predicted molar refractivity (Wildman–Crippen MR) is 148 cm³/mol. The van der Waals surface area contributed by atoms with E-state index in [1.54, 1.807) is 6.33 Å². The summed E-state index contributed by atoms with van der Waals surface area (Å²) in [5, 5.41) is 8.40. The van der Waals surface area contributed by atoms with E-state index in [9.17, 15) is 0 Å². The minimum absolute atomic E-state index is 0.508. The van der Waals surface area contributed by atoms with Crippen molar-refractivity contribution in [2.24, 2.45) is 5.92 Å². The van der Waals surface area contributed by atoms with E-state index in [0.717, 1.165) is 62.6 Å². The Hall–Kier alpha value is -2.48. The van der Waals surface area contributed by atoms with Crippen LogP contribution in [0, 0.1) is 5.92 Å². The van der Waals surface area contributed by atoms with Crippen molar-refractivity contribution >= 4 is 16.9 Å². The third-order valence-corrected chi connectivity index (χ3v) is 8.31. The summed E-state index contributed by atoms with van der Waals surface area (Å²) in [5.74, 6) is 1.92. The second kappa shape index (κ2) is 12.2. The molecule has 2 aliphatic rings. The second-order valence-electron chi connectivity index (χ2n) is 10.9. The lowest BCUT2D eigenvalue weighted by atomic mass is 9.90. The number of nitrogen functional groups attached to an aromatic ring is 1. The van der Waals surface area contributed by atoms with E-state index in [2.05, 4.69) is 68.7 Å². The molecule has 36 heavy (non-hydrogen) atoms. The Labute approximate surface area is 215 Å². The molecule has 7 nitrogen and oxygen atoms in total. The number of hydrogen-bond donors (Lipinski definition) is 3. The van der Waals surface area contributed by atoms with Crippen LogP contribution in [0.1, 0.15) is 61.6 Å². The molecule has 4 N–H and O–H groups in total. The van der Waals surface area contributed by atoms with Gasteiger partial charge in [-0.25, -0.2) is 9.97 Å². The summed E-state index contributed by atoms with van der Waals surface area (Å²) >= 11 is 0. The molecule has 5 rings (SSSR count). The Morgan fingerprint density at radius 3 is 2.61 bits per heavy atom. The van der Waals surface area contributed by atoms with E-state index in [-0.39, 0.29) is 0 Å². The highest BCUT2D eigenvalue weighted by Crippen LogP contribution is 2.41. The predicted octanol–water partition coefficient (Wildman–Crippen LogP) is 3.98. The second-order valence-corrected chi connectivity index (χ2v) is 10.9. The maximum absolute atomic E-state index is 6.39. The van der Waals surface area contributed by atoms with Crippen molar-refractivity contribution in [1.82, 2.24) is 30.1 Å². The van der Waals surface area contributed by atoms with Gasteiger partial charge in [-0.05, 0) is 114 Å². The van der Waals surface area contributed by atoms with E-state index >= 15 is 0 Å². The van der Waals surface area contributed by atoms with Crippen LogP contribution in [-0.2, 0) is 6.42 Å². The molecular formula is C29H43N7. The van der Waals surface area contributed by atoms with Gasteiger partial charge in [-0.1, -0.05) is 30.3 Å². The van der Waals surface area contributed by atoms with Crippen molar-refractivity contribution < 1.29 is 0 Å². The number of likely N-dealkylation sites (tertiary alicyclic amines) is 1. The number of fused-ring (bicyclic) bond motifs is 1. The van der Waals surface area contributed by atoms with E-state index in [1.165, 1.54) is 49.7 Å². The summed E-state index contributed by atoms with van der Waals surface area (Å²) in [6.45, 7) is 6.60. The van der Waals surface area contributed by atoms with Gasteiger partial charge in [0.05, 0.1) is 5.39 Å². The number of piperidine rings is 1. The third-order valence-electron chi connectivity index (χ3n) is 8.31. The Kier molecular flexibility index (Phi) is 8.51. The van der Waals surface area contributed by atoms with Crippen molar-refractivity contribution in [2.75, 3.05) is 52.0 Å². The average molecular weight is 490 g/mol. The molecule has 0 radical (unpaired) electrons. The molecular weight excluding hydrogens is 446 g/mol. The highest BCUT2D eigenvalue weighted by atomic mass is 15.1. The fourth-order valence-corrected chi connectivity index (χ4v) is 6.18. The molecule has 1 saturated carbocycles. The van der Waals surface area contributed by atoms with Crippen LogP contribution >= 0.6 is 0 Å². The van der Waals surface area contributed by atoms with Crippen LogP contribution in [0.3, 0.4) is 0 Å². The maximum Gasteiger partial charge on any atom is 0.146 e. The number of aromatic nitrogens is 3. The quantitative estimate of drug-likeness (QED) is 0.354. The van der Waals surface area contributed by atoms with Crippen LogP contribution < -0.4 is 16.4 Å². The molecule has 3 heterocycles. The zero-order valence-electron chi connectivity index (χ0n) is 21.8. The lowest BCUT2D eigenvalue weighted by Crippen LogP contribution is -2.29. The van der Waals surface area contributed by atoms with Crippen LogP contribution in [0.2, 0.25) is 0 Å². The van der Waals surface area contributed by atoms with Gasteiger partial charge in [0.1, 0.15) is 17.8 Å². The summed E-state index contributed by atoms with van der Waals surface area (Å²) in [7, 11) is 2.21. The number of nitrogens with one attached hydrogen (secondary N) is 2. The summed E-state index contributed by atoms with van der Waals surface area (Å²) in [6.07, 6.45) is 12.4. The van der Waals surface area contributed by atoms with Crippen LogP contribution in [-0.4, -0.2) is 65.8 Å². The van der Waals surface area contributed by atoms with E-state index < -0.39 is 0 Å². The minimum Gasteiger partial charge on any atom is -0.383 e. The van der Waals surface area contributed by atoms with E-state index in [4.69, 9.17) is 10.7 Å². The summed E-state index contributed by atoms with van der Waals surface area (Å²) < 4.78 is 2.44. The molecule has 0 unspecified atom stereocenters. The first-order chi connectivity index (χ1) is 17.7. The topological polar surface area (TPSA) is 84.0 Å². The van der Waals surface area contributed by atoms with Crippen LogP contribution in [0.4, 0.5) is 5.82 Å². The van der Waals surface area contributed by atoms with Crippen LogP contribution in [0.25, 0.3) is 11.0 Å². The molecule has 1 saturated heterocycles. The Morgan fingerprint density at radius 1 is 0.972 bits per heavy atom. The molecule has 1 aliphatic carbocycles. The monoisotopic (exact) mass is 489 g/mol. The first kappa shape index (κ1) is 25.2. The molecule has 0 amide bonds. The van der Waals surface area contributed by atoms with Gasteiger partial charge in [0.25, 0.3) is 0 Å². The fraction of sp³-hybridized carbons (Fsp3) is 0.586. The molecule has 1 aromatic carbocycles. The van der Waals surface area contributed by atoms with Crippen molar-refractivity contribution in [3.63, 3.8) is 0 Å². The average Bonchev–Trinajstić information content (AvgIpc) is 3.52. The molecule has 0 spiro atoms. The third kappa shape index (κ3) is 6.07. The highest BCUT2D eigenvalue weighted by Gasteiger charge is 2.30. The number of nitrogens with zero attached hydrogens (tertiary/aromatic N) is 4. The Bertz CT molecular complexity index is 1090.